The lowest BCUT2D eigenvalue weighted by Gasteiger charge is -2.42. The predicted octanol–water partition coefficient (Wildman–Crippen LogP) is 5.01. The molecule has 1 aromatic carbocycles. The third kappa shape index (κ3) is 4.19. The predicted molar refractivity (Wildman–Crippen MR) is 118 cm³/mol. The van der Waals surface area contributed by atoms with Gasteiger partial charge in [0.2, 0.25) is 0 Å². The van der Waals surface area contributed by atoms with Crippen LogP contribution >= 0.6 is 0 Å². The number of halogens is 1. The van der Waals surface area contributed by atoms with Gasteiger partial charge in [0.05, 0.1) is 0 Å². The molecule has 29 heavy (non-hydrogen) atoms. The molecule has 0 saturated heterocycles. The number of rotatable bonds is 6. The van der Waals surface area contributed by atoms with Gasteiger partial charge in [-0.05, 0) is 49.8 Å². The minimum Gasteiger partial charge on any atom is -0.356 e. The van der Waals surface area contributed by atoms with Gasteiger partial charge in [0.15, 0.2) is 5.96 Å². The maximum Gasteiger partial charge on any atom is 0.198 e. The first-order valence-electron chi connectivity index (χ1n) is 11.2. The Labute approximate surface area is 174 Å². The quantitative estimate of drug-likeness (QED) is 0.664. The molecule has 156 valence electrons. The van der Waals surface area contributed by atoms with Crippen LogP contribution in [0.25, 0.3) is 5.57 Å². The second kappa shape index (κ2) is 8.60. The molecule has 4 nitrogen and oxygen atoms in total. The summed E-state index contributed by atoms with van der Waals surface area (Å²) in [6, 6.07) is 6.81. The zero-order valence-corrected chi connectivity index (χ0v) is 17.7. The Balaban J connectivity index is 1.62. The number of aliphatic imine (C=N–C) groups is 1. The van der Waals surface area contributed by atoms with Gasteiger partial charge in [-0.25, -0.2) is 9.38 Å². The third-order valence-electron chi connectivity index (χ3n) is 6.52. The molecule has 2 N–H and O–H groups in total. The number of nitrogens with one attached hydrogen (secondary N) is 2. The van der Waals surface area contributed by atoms with Crippen molar-refractivity contribution in [1.29, 1.82) is 0 Å². The van der Waals surface area contributed by atoms with Crippen LogP contribution < -0.4 is 10.6 Å². The standard InChI is InChI=1S/C24H33FN4/c1-3-4-14-26-23-27-15-22-21(19-10-12-20(25)13-11-19)17-29(24(22,2)28-23)16-18-8-6-5-7-9-18/h10-13,15,17-18H,3-9,14,16H2,1-2H3,(H2,26,27,28). The molecule has 1 fully saturated rings. The monoisotopic (exact) mass is 396 g/mol. The summed E-state index contributed by atoms with van der Waals surface area (Å²) >= 11 is 0. The topological polar surface area (TPSA) is 39.7 Å². The van der Waals surface area contributed by atoms with Gasteiger partial charge in [0.1, 0.15) is 11.5 Å². The van der Waals surface area contributed by atoms with Gasteiger partial charge < -0.3 is 15.5 Å². The zero-order chi connectivity index (χ0) is 20.3. The number of benzene rings is 1. The number of hydrogen-bond donors (Lipinski definition) is 2. The molecule has 0 spiro atoms. The Hall–Kier alpha value is -2.30. The van der Waals surface area contributed by atoms with Gasteiger partial charge in [0, 0.05) is 36.6 Å². The average molecular weight is 397 g/mol. The second-order valence-corrected chi connectivity index (χ2v) is 8.70. The molecule has 1 saturated carbocycles. The Kier molecular flexibility index (Phi) is 5.93. The van der Waals surface area contributed by atoms with Gasteiger partial charge in [-0.2, -0.15) is 0 Å². The number of unbranched alkanes of at least 4 members (excludes halogenated alkanes) is 1. The number of fused-ring (bicyclic) bond motifs is 1. The summed E-state index contributed by atoms with van der Waals surface area (Å²) in [5, 5.41) is 7.11. The van der Waals surface area contributed by atoms with Gasteiger partial charge in [-0.15, -0.1) is 0 Å². The van der Waals surface area contributed by atoms with Crippen molar-refractivity contribution in [3.05, 3.63) is 53.6 Å². The van der Waals surface area contributed by atoms with Crippen molar-refractivity contribution >= 4 is 11.5 Å². The van der Waals surface area contributed by atoms with Crippen LogP contribution in [0.2, 0.25) is 0 Å². The highest BCUT2D eigenvalue weighted by Crippen LogP contribution is 2.43. The van der Waals surface area contributed by atoms with Crippen molar-refractivity contribution in [2.75, 3.05) is 13.1 Å². The molecule has 2 heterocycles. The summed E-state index contributed by atoms with van der Waals surface area (Å²) in [5.41, 5.74) is 2.99. The fraction of sp³-hybridized carbons (Fsp3) is 0.542. The summed E-state index contributed by atoms with van der Waals surface area (Å²) in [6.07, 6.45) is 13.2. The molecule has 1 aliphatic carbocycles. The summed E-state index contributed by atoms with van der Waals surface area (Å²) in [7, 11) is 0. The van der Waals surface area contributed by atoms with Crippen LogP contribution in [0.3, 0.4) is 0 Å². The fourth-order valence-corrected chi connectivity index (χ4v) is 4.71. The van der Waals surface area contributed by atoms with Gasteiger partial charge in [-0.3, -0.25) is 0 Å². The Morgan fingerprint density at radius 1 is 1.21 bits per heavy atom. The molecule has 2 aliphatic heterocycles. The van der Waals surface area contributed by atoms with E-state index in [2.05, 4.69) is 40.6 Å². The third-order valence-corrected chi connectivity index (χ3v) is 6.52. The summed E-state index contributed by atoms with van der Waals surface area (Å²) in [6.45, 7) is 6.39. The van der Waals surface area contributed by atoms with Crippen LogP contribution in [-0.2, 0) is 0 Å². The lowest BCUT2D eigenvalue weighted by atomic mass is 9.88. The van der Waals surface area contributed by atoms with Crippen LogP contribution in [0, 0.1) is 11.7 Å². The average Bonchev–Trinajstić information content (AvgIpc) is 3.01. The van der Waals surface area contributed by atoms with Crippen molar-refractivity contribution in [2.45, 2.75) is 64.5 Å². The number of guanidine groups is 1. The molecule has 0 radical (unpaired) electrons. The molecular weight excluding hydrogens is 363 g/mol. The fourth-order valence-electron chi connectivity index (χ4n) is 4.71. The minimum absolute atomic E-state index is 0.203. The SMILES string of the molecule is CCCCNC1=NC=C2C(c3ccc(F)cc3)=CN(CC3CCCCC3)C2(C)N1. The van der Waals surface area contributed by atoms with Crippen LogP contribution in [0.5, 0.6) is 0 Å². The molecule has 3 aliphatic rings. The largest absolute Gasteiger partial charge is 0.356 e. The summed E-state index contributed by atoms with van der Waals surface area (Å²) < 4.78 is 13.5. The molecular formula is C24H33FN4. The van der Waals surface area contributed by atoms with Gasteiger partial charge in [-0.1, -0.05) is 44.7 Å². The zero-order valence-electron chi connectivity index (χ0n) is 17.7. The maximum absolute atomic E-state index is 13.5. The lowest BCUT2D eigenvalue weighted by Crippen LogP contribution is -2.60. The molecule has 1 aromatic rings. The van der Waals surface area contributed by atoms with Crippen LogP contribution in [0.1, 0.15) is 64.4 Å². The molecule has 5 heteroatoms. The minimum atomic E-state index is -0.336. The van der Waals surface area contributed by atoms with Crippen molar-refractivity contribution in [3.63, 3.8) is 0 Å². The van der Waals surface area contributed by atoms with E-state index in [0.29, 0.717) is 0 Å². The second-order valence-electron chi connectivity index (χ2n) is 8.70. The molecule has 1 atom stereocenters. The van der Waals surface area contributed by atoms with E-state index in [1.54, 1.807) is 0 Å². The van der Waals surface area contributed by atoms with Crippen molar-refractivity contribution in [1.82, 2.24) is 15.5 Å². The van der Waals surface area contributed by atoms with Gasteiger partial charge in [0.25, 0.3) is 0 Å². The molecule has 0 aromatic heterocycles. The van der Waals surface area contributed by atoms with Crippen LogP contribution in [0.4, 0.5) is 4.39 Å². The summed E-state index contributed by atoms with van der Waals surface area (Å²) in [5.74, 6) is 1.36. The van der Waals surface area contributed by atoms with E-state index in [1.807, 2.05) is 18.3 Å². The van der Waals surface area contributed by atoms with Crippen molar-refractivity contribution < 1.29 is 4.39 Å². The highest BCUT2D eigenvalue weighted by Gasteiger charge is 2.44. The Bertz CT molecular complexity index is 805. The molecule has 0 amide bonds. The van der Waals surface area contributed by atoms with Gasteiger partial charge >= 0.3 is 0 Å². The number of nitrogens with zero attached hydrogens (tertiary/aromatic N) is 2. The van der Waals surface area contributed by atoms with Crippen molar-refractivity contribution in [2.24, 2.45) is 10.9 Å². The van der Waals surface area contributed by atoms with E-state index in [1.165, 1.54) is 44.2 Å². The van der Waals surface area contributed by atoms with Crippen molar-refractivity contribution in [3.8, 4) is 0 Å². The molecule has 0 bridgehead atoms. The summed E-state index contributed by atoms with van der Waals surface area (Å²) in [4.78, 5) is 7.10. The van der Waals surface area contributed by atoms with Crippen LogP contribution in [0.15, 0.2) is 47.2 Å². The molecule has 1 unspecified atom stereocenters. The highest BCUT2D eigenvalue weighted by molar-refractivity contribution is 5.90. The first-order valence-corrected chi connectivity index (χ1v) is 11.2. The van der Waals surface area contributed by atoms with E-state index in [0.717, 1.165) is 54.5 Å². The van der Waals surface area contributed by atoms with E-state index >= 15 is 0 Å². The maximum atomic E-state index is 13.5. The Morgan fingerprint density at radius 2 is 1.97 bits per heavy atom. The van der Waals surface area contributed by atoms with Crippen LogP contribution in [-0.4, -0.2) is 29.6 Å². The van der Waals surface area contributed by atoms with E-state index in [4.69, 9.17) is 0 Å². The van der Waals surface area contributed by atoms with E-state index in [-0.39, 0.29) is 11.5 Å². The smallest absolute Gasteiger partial charge is 0.198 e. The van der Waals surface area contributed by atoms with E-state index in [9.17, 15) is 4.39 Å². The first-order chi connectivity index (χ1) is 14.1. The Morgan fingerprint density at radius 3 is 2.69 bits per heavy atom. The normalized spacial score (nSPS) is 24.4. The number of hydrogen-bond acceptors (Lipinski definition) is 4. The molecule has 4 rings (SSSR count). The highest BCUT2D eigenvalue weighted by atomic mass is 19.1. The van der Waals surface area contributed by atoms with E-state index < -0.39 is 0 Å². The first kappa shape index (κ1) is 20.0. The lowest BCUT2D eigenvalue weighted by molar-refractivity contribution is 0.156.